The van der Waals surface area contributed by atoms with Gasteiger partial charge in [-0.25, -0.2) is 10.5 Å². The Morgan fingerprint density at radius 1 is 1.71 bits per heavy atom. The molecule has 14 heavy (non-hydrogen) atoms. The monoisotopic (exact) mass is 194 g/mol. The number of hydrogen-bond donors (Lipinski definition) is 3. The van der Waals surface area contributed by atoms with Crippen LogP contribution in [0.1, 0.15) is 18.2 Å². The molecule has 0 bridgehead atoms. The number of rotatable bonds is 3. The minimum atomic E-state index is -0.00212. The second kappa shape index (κ2) is 5.18. The van der Waals surface area contributed by atoms with Crippen molar-refractivity contribution in [1.82, 2.24) is 10.5 Å². The normalized spacial score (nSPS) is 11.4. The summed E-state index contributed by atoms with van der Waals surface area (Å²) in [4.78, 5) is 8.08. The van der Waals surface area contributed by atoms with E-state index in [1.54, 1.807) is 11.7 Å². The second-order valence-electron chi connectivity index (χ2n) is 2.78. The number of hydrogen-bond acceptors (Lipinski definition) is 3. The maximum Gasteiger partial charge on any atom is 0.213 e. The van der Waals surface area contributed by atoms with Gasteiger partial charge in [0.1, 0.15) is 0 Å². The highest BCUT2D eigenvalue weighted by Crippen LogP contribution is 2.06. The van der Waals surface area contributed by atoms with Crippen molar-refractivity contribution in [3.05, 3.63) is 29.6 Å². The van der Waals surface area contributed by atoms with E-state index in [1.165, 1.54) is 0 Å². The predicted octanol–water partition coefficient (Wildman–Crippen LogP) is 0.438. The van der Waals surface area contributed by atoms with E-state index in [9.17, 15) is 0 Å². The highest BCUT2D eigenvalue weighted by Gasteiger charge is 1.99. The van der Waals surface area contributed by atoms with E-state index in [-0.39, 0.29) is 5.96 Å². The summed E-state index contributed by atoms with van der Waals surface area (Å²) < 4.78 is 0. The van der Waals surface area contributed by atoms with Crippen LogP contribution in [-0.4, -0.2) is 16.2 Å². The fourth-order valence-corrected chi connectivity index (χ4v) is 1.13. The van der Waals surface area contributed by atoms with Crippen LogP contribution in [0.25, 0.3) is 0 Å². The minimum Gasteiger partial charge on any atom is -0.368 e. The number of nitrogens with one attached hydrogen (secondary N) is 1. The van der Waals surface area contributed by atoms with Crippen LogP contribution in [0.3, 0.4) is 0 Å². The summed E-state index contributed by atoms with van der Waals surface area (Å²) in [5.41, 5.74) is 9.07. The quantitative estimate of drug-likeness (QED) is 0.370. The van der Waals surface area contributed by atoms with Gasteiger partial charge in [-0.15, -0.1) is 0 Å². The largest absolute Gasteiger partial charge is 0.368 e. The number of nitrogens with two attached hydrogens (primary N) is 1. The van der Waals surface area contributed by atoms with Gasteiger partial charge in [0.2, 0.25) is 5.96 Å². The van der Waals surface area contributed by atoms with Gasteiger partial charge in [-0.2, -0.15) is 0 Å². The van der Waals surface area contributed by atoms with Crippen molar-refractivity contribution < 1.29 is 5.21 Å². The number of nitrogens with zero attached hydrogens (tertiary/aromatic N) is 2. The Kier molecular flexibility index (Phi) is 3.87. The molecule has 0 aliphatic carbocycles. The Bertz CT molecular complexity index is 324. The van der Waals surface area contributed by atoms with E-state index in [4.69, 9.17) is 10.9 Å². The van der Waals surface area contributed by atoms with E-state index >= 15 is 0 Å². The molecule has 4 N–H and O–H groups in total. The maximum absolute atomic E-state index is 8.41. The third-order valence-electron chi connectivity index (χ3n) is 1.88. The van der Waals surface area contributed by atoms with Crippen LogP contribution in [0.2, 0.25) is 0 Å². The predicted molar refractivity (Wildman–Crippen MR) is 53.9 cm³/mol. The van der Waals surface area contributed by atoms with Crippen LogP contribution in [0.15, 0.2) is 23.3 Å². The zero-order chi connectivity index (χ0) is 10.4. The molecule has 76 valence electrons. The molecule has 1 aromatic heterocycles. The Morgan fingerprint density at radius 2 is 2.50 bits per heavy atom. The summed E-state index contributed by atoms with van der Waals surface area (Å²) in [5.74, 6) is -0.00212. The van der Waals surface area contributed by atoms with Gasteiger partial charge >= 0.3 is 0 Å². The summed E-state index contributed by atoms with van der Waals surface area (Å²) in [6.45, 7) is 2.43. The van der Waals surface area contributed by atoms with Crippen LogP contribution in [0.5, 0.6) is 0 Å². The van der Waals surface area contributed by atoms with Crippen LogP contribution < -0.4 is 11.2 Å². The molecule has 0 atom stereocenters. The molecule has 0 saturated carbocycles. The molecule has 5 heteroatoms. The topological polar surface area (TPSA) is 83.5 Å². The highest BCUT2D eigenvalue weighted by atomic mass is 16.5. The van der Waals surface area contributed by atoms with E-state index < -0.39 is 0 Å². The molecule has 0 fully saturated rings. The molecule has 0 unspecified atom stereocenters. The molecule has 5 nitrogen and oxygen atoms in total. The summed E-state index contributed by atoms with van der Waals surface area (Å²) in [5, 5.41) is 8.41. The third-order valence-corrected chi connectivity index (χ3v) is 1.88. The summed E-state index contributed by atoms with van der Waals surface area (Å²) in [6, 6.07) is 3.89. The molecule has 0 aliphatic heterocycles. The number of aromatic nitrogens is 1. The van der Waals surface area contributed by atoms with E-state index in [0.29, 0.717) is 6.54 Å². The Labute approximate surface area is 82.6 Å². The van der Waals surface area contributed by atoms with E-state index in [2.05, 4.69) is 16.9 Å². The van der Waals surface area contributed by atoms with Crippen molar-refractivity contribution >= 4 is 5.96 Å². The SMILES string of the molecule is CCc1cccnc1CN=C(N)NO. The number of aryl methyl sites for hydroxylation is 1. The molecule has 1 heterocycles. The summed E-state index contributed by atoms with van der Waals surface area (Å²) >= 11 is 0. The van der Waals surface area contributed by atoms with Crippen molar-refractivity contribution in [1.29, 1.82) is 0 Å². The molecule has 0 aliphatic rings. The molecular weight excluding hydrogens is 180 g/mol. The van der Waals surface area contributed by atoms with Gasteiger partial charge in [-0.1, -0.05) is 13.0 Å². The maximum atomic E-state index is 8.41. The third kappa shape index (κ3) is 2.70. The number of pyridine rings is 1. The Hall–Kier alpha value is -1.62. The van der Waals surface area contributed by atoms with Crippen LogP contribution >= 0.6 is 0 Å². The molecule has 1 rings (SSSR count). The first-order valence-electron chi connectivity index (χ1n) is 4.40. The fourth-order valence-electron chi connectivity index (χ4n) is 1.13. The molecule has 0 amide bonds. The van der Waals surface area contributed by atoms with Crippen molar-refractivity contribution in [3.8, 4) is 0 Å². The van der Waals surface area contributed by atoms with Gasteiger partial charge in [0.05, 0.1) is 12.2 Å². The molecule has 0 aromatic carbocycles. The van der Waals surface area contributed by atoms with Crippen LogP contribution in [0, 0.1) is 0 Å². The summed E-state index contributed by atoms with van der Waals surface area (Å²) in [6.07, 6.45) is 2.62. The van der Waals surface area contributed by atoms with Crippen LogP contribution in [-0.2, 0) is 13.0 Å². The molecule has 1 aromatic rings. The summed E-state index contributed by atoms with van der Waals surface area (Å²) in [7, 11) is 0. The highest BCUT2D eigenvalue weighted by molar-refractivity contribution is 5.76. The van der Waals surface area contributed by atoms with Crippen LogP contribution in [0.4, 0.5) is 0 Å². The smallest absolute Gasteiger partial charge is 0.213 e. The lowest BCUT2D eigenvalue weighted by molar-refractivity contribution is 0.232. The van der Waals surface area contributed by atoms with Gasteiger partial charge in [-0.3, -0.25) is 10.2 Å². The fraction of sp³-hybridized carbons (Fsp3) is 0.333. The van der Waals surface area contributed by atoms with Crippen molar-refractivity contribution in [2.24, 2.45) is 10.7 Å². The minimum absolute atomic E-state index is 0.00212. The van der Waals surface area contributed by atoms with E-state index in [0.717, 1.165) is 17.7 Å². The van der Waals surface area contributed by atoms with Crippen molar-refractivity contribution in [2.75, 3.05) is 0 Å². The number of hydroxylamine groups is 1. The number of aliphatic imine (C=N–C) groups is 1. The average Bonchev–Trinajstić information content (AvgIpc) is 2.26. The lowest BCUT2D eigenvalue weighted by Crippen LogP contribution is -2.28. The standard InChI is InChI=1S/C9H14N4O/c1-2-7-4-3-5-11-8(7)6-12-9(10)13-14/h3-5,14H,2,6H2,1H3,(H3,10,12,13). The van der Waals surface area contributed by atoms with Gasteiger partial charge in [-0.05, 0) is 18.1 Å². The van der Waals surface area contributed by atoms with E-state index in [1.807, 2.05) is 12.1 Å². The number of guanidine groups is 1. The first kappa shape index (κ1) is 10.5. The Morgan fingerprint density at radius 3 is 3.14 bits per heavy atom. The first-order valence-corrected chi connectivity index (χ1v) is 4.40. The average molecular weight is 194 g/mol. The van der Waals surface area contributed by atoms with Crippen molar-refractivity contribution in [3.63, 3.8) is 0 Å². The zero-order valence-corrected chi connectivity index (χ0v) is 8.07. The molecular formula is C9H14N4O. The van der Waals surface area contributed by atoms with Crippen molar-refractivity contribution in [2.45, 2.75) is 19.9 Å². The van der Waals surface area contributed by atoms with Gasteiger partial charge < -0.3 is 5.73 Å². The second-order valence-corrected chi connectivity index (χ2v) is 2.78. The van der Waals surface area contributed by atoms with Gasteiger partial charge in [0, 0.05) is 6.20 Å². The Balaban J connectivity index is 2.76. The van der Waals surface area contributed by atoms with Gasteiger partial charge in [0.25, 0.3) is 0 Å². The van der Waals surface area contributed by atoms with Gasteiger partial charge in [0.15, 0.2) is 0 Å². The molecule has 0 saturated heterocycles. The lowest BCUT2D eigenvalue weighted by atomic mass is 10.1. The molecule has 0 radical (unpaired) electrons. The molecule has 0 spiro atoms. The zero-order valence-electron chi connectivity index (χ0n) is 8.07. The first-order chi connectivity index (χ1) is 6.77. The lowest BCUT2D eigenvalue weighted by Gasteiger charge is -2.03.